The summed E-state index contributed by atoms with van der Waals surface area (Å²) in [5.74, 6) is 0.571. The van der Waals surface area contributed by atoms with E-state index in [9.17, 15) is 9.59 Å². The van der Waals surface area contributed by atoms with Crippen molar-refractivity contribution in [2.24, 2.45) is 5.73 Å². The predicted octanol–water partition coefficient (Wildman–Crippen LogP) is 1.14. The van der Waals surface area contributed by atoms with Crippen LogP contribution in [0.4, 0.5) is 0 Å². The van der Waals surface area contributed by atoms with Crippen LogP contribution in [-0.2, 0) is 13.1 Å². The molecule has 4 N–H and O–H groups in total. The fraction of sp³-hybridized carbons (Fsp3) is 0.143. The maximum atomic E-state index is 12.7. The number of amides is 2. The zero-order valence-corrected chi connectivity index (χ0v) is 12.8. The first-order valence-electron chi connectivity index (χ1n) is 6.79. The van der Waals surface area contributed by atoms with E-state index in [4.69, 9.17) is 5.73 Å². The molecule has 3 aromatic rings. The van der Waals surface area contributed by atoms with Gasteiger partial charge < -0.3 is 20.6 Å². The van der Waals surface area contributed by atoms with Crippen molar-refractivity contribution in [3.63, 3.8) is 0 Å². The molecule has 23 heavy (non-hydrogen) atoms. The van der Waals surface area contributed by atoms with E-state index in [2.05, 4.69) is 19.9 Å². The van der Waals surface area contributed by atoms with Crippen LogP contribution in [0.5, 0.6) is 0 Å². The Labute approximate surface area is 135 Å². The molecule has 8 nitrogen and oxygen atoms in total. The second-order valence-corrected chi connectivity index (χ2v) is 5.84. The van der Waals surface area contributed by atoms with Crippen molar-refractivity contribution in [2.45, 2.75) is 13.1 Å². The monoisotopic (exact) mass is 330 g/mol. The van der Waals surface area contributed by atoms with E-state index in [0.717, 1.165) is 11.3 Å². The van der Waals surface area contributed by atoms with Crippen LogP contribution in [0.1, 0.15) is 31.0 Å². The highest BCUT2D eigenvalue weighted by atomic mass is 32.1. The maximum Gasteiger partial charge on any atom is 0.264 e. The minimum atomic E-state index is -0.544. The topological polar surface area (TPSA) is 121 Å². The number of thiophene rings is 1. The van der Waals surface area contributed by atoms with Gasteiger partial charge in [0.1, 0.15) is 11.6 Å². The van der Waals surface area contributed by atoms with Crippen molar-refractivity contribution >= 4 is 23.2 Å². The molecule has 0 atom stereocenters. The van der Waals surface area contributed by atoms with Gasteiger partial charge in [0.2, 0.25) is 0 Å². The second-order valence-electron chi connectivity index (χ2n) is 4.76. The van der Waals surface area contributed by atoms with Crippen LogP contribution in [0.15, 0.2) is 36.9 Å². The Kier molecular flexibility index (Phi) is 4.20. The lowest BCUT2D eigenvalue weighted by atomic mass is 10.3. The summed E-state index contributed by atoms with van der Waals surface area (Å²) >= 11 is 1.08. The number of primary amides is 1. The summed E-state index contributed by atoms with van der Waals surface area (Å²) in [6.45, 7) is 0.604. The molecule has 118 valence electrons. The van der Waals surface area contributed by atoms with Crippen molar-refractivity contribution < 1.29 is 9.59 Å². The third-order valence-electron chi connectivity index (χ3n) is 3.14. The van der Waals surface area contributed by atoms with E-state index in [1.807, 2.05) is 0 Å². The minimum Gasteiger partial charge on any atom is -0.365 e. The van der Waals surface area contributed by atoms with Crippen molar-refractivity contribution in [1.82, 2.24) is 24.8 Å². The molecular weight excluding hydrogens is 316 g/mol. The van der Waals surface area contributed by atoms with E-state index < -0.39 is 5.91 Å². The normalized spacial score (nSPS) is 10.6. The zero-order chi connectivity index (χ0) is 16.2. The van der Waals surface area contributed by atoms with Crippen molar-refractivity contribution in [3.8, 4) is 0 Å². The molecule has 0 radical (unpaired) electrons. The standard InChI is InChI=1S/C14H14N6O2S/c15-13(21)9-1-2-10(23-9)14(22)20(7-11-16-3-4-17-11)8-12-18-5-6-19-12/h1-6H,7-8H2,(H2,15,21)(H,16,17)(H,18,19). The van der Waals surface area contributed by atoms with Crippen LogP contribution in [0.2, 0.25) is 0 Å². The van der Waals surface area contributed by atoms with Gasteiger partial charge in [-0.1, -0.05) is 0 Å². The largest absolute Gasteiger partial charge is 0.365 e. The number of imidazole rings is 2. The van der Waals surface area contributed by atoms with Gasteiger partial charge in [0.15, 0.2) is 0 Å². The molecule has 2 amide bonds. The van der Waals surface area contributed by atoms with Crippen molar-refractivity contribution in [3.05, 3.63) is 58.3 Å². The van der Waals surface area contributed by atoms with E-state index >= 15 is 0 Å². The van der Waals surface area contributed by atoms with Crippen LogP contribution in [0, 0.1) is 0 Å². The van der Waals surface area contributed by atoms with Crippen LogP contribution < -0.4 is 5.73 Å². The summed E-state index contributed by atoms with van der Waals surface area (Å²) in [6.07, 6.45) is 6.64. The fourth-order valence-electron chi connectivity index (χ4n) is 2.07. The first-order valence-corrected chi connectivity index (χ1v) is 7.60. The highest BCUT2D eigenvalue weighted by Crippen LogP contribution is 2.19. The third-order valence-corrected chi connectivity index (χ3v) is 4.23. The summed E-state index contributed by atoms with van der Waals surface area (Å²) in [5, 5.41) is 0. The van der Waals surface area contributed by atoms with E-state index in [0.29, 0.717) is 34.5 Å². The highest BCUT2D eigenvalue weighted by molar-refractivity contribution is 7.15. The molecule has 0 spiro atoms. The van der Waals surface area contributed by atoms with Gasteiger partial charge in [0, 0.05) is 24.8 Å². The van der Waals surface area contributed by atoms with Crippen LogP contribution in [-0.4, -0.2) is 36.7 Å². The Bertz CT molecular complexity index is 757. The van der Waals surface area contributed by atoms with Crippen molar-refractivity contribution in [1.29, 1.82) is 0 Å². The summed E-state index contributed by atoms with van der Waals surface area (Å²) in [5.41, 5.74) is 5.24. The third kappa shape index (κ3) is 3.46. The number of H-pyrrole nitrogens is 2. The molecular formula is C14H14N6O2S. The van der Waals surface area contributed by atoms with Gasteiger partial charge in [-0.05, 0) is 12.1 Å². The quantitative estimate of drug-likeness (QED) is 0.627. The summed E-state index contributed by atoms with van der Waals surface area (Å²) in [7, 11) is 0. The Morgan fingerprint density at radius 1 is 1.04 bits per heavy atom. The molecule has 0 fully saturated rings. The molecule has 0 unspecified atom stereocenters. The molecule has 9 heteroatoms. The average Bonchev–Trinajstić information content (AvgIpc) is 3.28. The Hall–Kier alpha value is -2.94. The van der Waals surface area contributed by atoms with Gasteiger partial charge in [-0.3, -0.25) is 9.59 Å². The number of hydrogen-bond acceptors (Lipinski definition) is 5. The highest BCUT2D eigenvalue weighted by Gasteiger charge is 2.21. The minimum absolute atomic E-state index is 0.213. The number of nitrogens with two attached hydrogens (primary N) is 1. The number of nitrogens with zero attached hydrogens (tertiary/aromatic N) is 3. The molecule has 3 rings (SSSR count). The number of hydrogen-bond donors (Lipinski definition) is 3. The lowest BCUT2D eigenvalue weighted by Crippen LogP contribution is -2.30. The zero-order valence-electron chi connectivity index (χ0n) is 12.0. The Balaban J connectivity index is 1.83. The molecule has 0 aliphatic rings. The summed E-state index contributed by atoms with van der Waals surface area (Å²) in [4.78, 5) is 40.5. The van der Waals surface area contributed by atoms with E-state index in [-0.39, 0.29) is 5.91 Å². The summed E-state index contributed by atoms with van der Waals surface area (Å²) in [6, 6.07) is 3.16. The maximum absolute atomic E-state index is 12.7. The first kappa shape index (κ1) is 15.0. The van der Waals surface area contributed by atoms with Gasteiger partial charge in [-0.2, -0.15) is 0 Å². The molecule has 0 saturated carbocycles. The smallest absolute Gasteiger partial charge is 0.264 e. The second kappa shape index (κ2) is 6.44. The molecule has 3 aromatic heterocycles. The number of nitrogens with one attached hydrogen (secondary N) is 2. The predicted molar refractivity (Wildman–Crippen MR) is 83.6 cm³/mol. The van der Waals surface area contributed by atoms with Crippen LogP contribution in [0.25, 0.3) is 0 Å². The van der Waals surface area contributed by atoms with Crippen molar-refractivity contribution in [2.75, 3.05) is 0 Å². The molecule has 0 saturated heterocycles. The molecule has 0 aliphatic carbocycles. The lowest BCUT2D eigenvalue weighted by Gasteiger charge is -2.19. The molecule has 0 aromatic carbocycles. The first-order chi connectivity index (χ1) is 11.1. The van der Waals surface area contributed by atoms with Crippen LogP contribution in [0.3, 0.4) is 0 Å². The summed E-state index contributed by atoms with van der Waals surface area (Å²) < 4.78 is 0. The van der Waals surface area contributed by atoms with Crippen LogP contribution >= 0.6 is 11.3 Å². The number of rotatable bonds is 6. The molecule has 0 aliphatic heterocycles. The number of aromatic nitrogens is 4. The fourth-order valence-corrected chi connectivity index (χ4v) is 2.90. The van der Waals surface area contributed by atoms with E-state index in [1.54, 1.807) is 41.8 Å². The van der Waals surface area contributed by atoms with E-state index in [1.165, 1.54) is 0 Å². The van der Waals surface area contributed by atoms with Gasteiger partial charge in [-0.25, -0.2) is 9.97 Å². The molecule has 0 bridgehead atoms. The van der Waals surface area contributed by atoms with Gasteiger partial charge in [0.05, 0.1) is 22.8 Å². The SMILES string of the molecule is NC(=O)c1ccc(C(=O)N(Cc2ncc[nH]2)Cc2ncc[nH]2)s1. The lowest BCUT2D eigenvalue weighted by molar-refractivity contribution is 0.0726. The Morgan fingerprint density at radius 3 is 2.04 bits per heavy atom. The number of carbonyl (C=O) groups is 2. The number of carbonyl (C=O) groups excluding carboxylic acids is 2. The average molecular weight is 330 g/mol. The van der Waals surface area contributed by atoms with Gasteiger partial charge >= 0.3 is 0 Å². The number of aromatic amines is 2. The van der Waals surface area contributed by atoms with Gasteiger partial charge in [-0.15, -0.1) is 11.3 Å². The molecule has 3 heterocycles. The van der Waals surface area contributed by atoms with Gasteiger partial charge in [0.25, 0.3) is 11.8 Å². The Morgan fingerprint density at radius 2 is 1.61 bits per heavy atom.